The first-order valence-electron chi connectivity index (χ1n) is 6.25. The molecular formula is C14H21BrN2O2. The van der Waals surface area contributed by atoms with Crippen LogP contribution in [0.25, 0.3) is 0 Å². The van der Waals surface area contributed by atoms with Gasteiger partial charge in [0.1, 0.15) is 0 Å². The maximum absolute atomic E-state index is 9.85. The van der Waals surface area contributed by atoms with Gasteiger partial charge in [-0.3, -0.25) is 9.59 Å². The second kappa shape index (κ2) is 13.1. The third-order valence-corrected chi connectivity index (χ3v) is 3.04. The third kappa shape index (κ3) is 11.5. The second-order valence-electron chi connectivity index (χ2n) is 3.97. The van der Waals surface area contributed by atoms with Gasteiger partial charge in [-0.05, 0) is 25.0 Å². The number of carbonyl (C=O) groups excluding carboxylic acids is 2. The standard InChI is InChI=1S/C6H5Br.C6H11NO.C2H5NO/c7-6-4-2-1-3-5-6;8-5-7-6-3-1-2-4-6;1-3-2-4/h1-5H;5-6H,1-4H2,(H,7,8);2H,1H3,(H,3,4). The second-order valence-corrected chi connectivity index (χ2v) is 4.88. The number of carbonyl (C=O) groups is 2. The monoisotopic (exact) mass is 328 g/mol. The Balaban J connectivity index is 0.000000272. The van der Waals surface area contributed by atoms with Crippen molar-refractivity contribution >= 4 is 28.8 Å². The van der Waals surface area contributed by atoms with Crippen LogP contribution in [0.3, 0.4) is 0 Å². The number of amides is 2. The van der Waals surface area contributed by atoms with E-state index in [-0.39, 0.29) is 0 Å². The first-order chi connectivity index (χ1) is 9.24. The normalized spacial score (nSPS) is 13.2. The van der Waals surface area contributed by atoms with Gasteiger partial charge < -0.3 is 10.6 Å². The summed E-state index contributed by atoms with van der Waals surface area (Å²) in [5, 5.41) is 5.01. The van der Waals surface area contributed by atoms with E-state index in [0.29, 0.717) is 12.5 Å². The lowest BCUT2D eigenvalue weighted by Gasteiger charge is -2.03. The maximum Gasteiger partial charge on any atom is 0.207 e. The van der Waals surface area contributed by atoms with Crippen molar-refractivity contribution in [3.8, 4) is 0 Å². The summed E-state index contributed by atoms with van der Waals surface area (Å²) in [6, 6.07) is 10.5. The molecule has 4 nitrogen and oxygen atoms in total. The van der Waals surface area contributed by atoms with E-state index in [0.717, 1.165) is 10.9 Å². The van der Waals surface area contributed by atoms with Gasteiger partial charge in [0.2, 0.25) is 12.8 Å². The van der Waals surface area contributed by atoms with Crippen molar-refractivity contribution in [1.82, 2.24) is 10.6 Å². The van der Waals surface area contributed by atoms with Crippen LogP contribution >= 0.6 is 15.9 Å². The minimum absolute atomic E-state index is 0.493. The summed E-state index contributed by atoms with van der Waals surface area (Å²) in [5.41, 5.74) is 0. The van der Waals surface area contributed by atoms with Crippen molar-refractivity contribution < 1.29 is 9.59 Å². The first kappa shape index (κ1) is 17.6. The number of rotatable bonds is 3. The molecular weight excluding hydrogens is 308 g/mol. The van der Waals surface area contributed by atoms with Crippen molar-refractivity contribution in [2.75, 3.05) is 7.05 Å². The molecule has 0 spiro atoms. The fraction of sp³-hybridized carbons (Fsp3) is 0.429. The van der Waals surface area contributed by atoms with Crippen LogP contribution in [0.4, 0.5) is 0 Å². The van der Waals surface area contributed by atoms with E-state index in [4.69, 9.17) is 4.79 Å². The zero-order valence-corrected chi connectivity index (χ0v) is 12.7. The Kier molecular flexibility index (Phi) is 12.1. The predicted molar refractivity (Wildman–Crippen MR) is 80.7 cm³/mol. The summed E-state index contributed by atoms with van der Waals surface area (Å²) >= 11 is 3.31. The first-order valence-corrected chi connectivity index (χ1v) is 7.05. The van der Waals surface area contributed by atoms with Gasteiger partial charge in [-0.2, -0.15) is 0 Å². The summed E-state index contributed by atoms with van der Waals surface area (Å²) < 4.78 is 1.13. The molecule has 5 heteroatoms. The van der Waals surface area contributed by atoms with Crippen molar-refractivity contribution in [2.24, 2.45) is 0 Å². The summed E-state index contributed by atoms with van der Waals surface area (Å²) in [5.74, 6) is 0. The van der Waals surface area contributed by atoms with Crippen LogP contribution in [0.1, 0.15) is 25.7 Å². The van der Waals surface area contributed by atoms with Crippen LogP contribution in [0.2, 0.25) is 0 Å². The van der Waals surface area contributed by atoms with Crippen LogP contribution in [0, 0.1) is 0 Å². The van der Waals surface area contributed by atoms with Crippen LogP contribution in [0.5, 0.6) is 0 Å². The zero-order chi connectivity index (χ0) is 14.3. The molecule has 0 heterocycles. The molecule has 2 N–H and O–H groups in total. The van der Waals surface area contributed by atoms with E-state index in [9.17, 15) is 4.79 Å². The number of halogens is 1. The fourth-order valence-corrected chi connectivity index (χ4v) is 1.91. The molecule has 0 bridgehead atoms. The summed E-state index contributed by atoms with van der Waals surface area (Å²) in [4.78, 5) is 18.9. The molecule has 0 atom stereocenters. The van der Waals surface area contributed by atoms with E-state index in [1.807, 2.05) is 30.3 Å². The van der Waals surface area contributed by atoms with Gasteiger partial charge in [0.15, 0.2) is 0 Å². The van der Waals surface area contributed by atoms with Crippen molar-refractivity contribution in [2.45, 2.75) is 31.7 Å². The smallest absolute Gasteiger partial charge is 0.207 e. The average Bonchev–Trinajstić information content (AvgIpc) is 2.94. The molecule has 1 aliphatic carbocycles. The molecule has 2 amide bonds. The quantitative estimate of drug-likeness (QED) is 0.837. The minimum atomic E-state index is 0.493. The van der Waals surface area contributed by atoms with Crippen LogP contribution in [0.15, 0.2) is 34.8 Å². The fourth-order valence-electron chi connectivity index (χ4n) is 1.60. The van der Waals surface area contributed by atoms with Gasteiger partial charge in [-0.15, -0.1) is 0 Å². The van der Waals surface area contributed by atoms with E-state index < -0.39 is 0 Å². The van der Waals surface area contributed by atoms with Gasteiger partial charge in [0.25, 0.3) is 0 Å². The van der Waals surface area contributed by atoms with E-state index in [2.05, 4.69) is 26.6 Å². The molecule has 2 rings (SSSR count). The van der Waals surface area contributed by atoms with E-state index >= 15 is 0 Å². The van der Waals surface area contributed by atoms with Gasteiger partial charge >= 0.3 is 0 Å². The van der Waals surface area contributed by atoms with Gasteiger partial charge in [0, 0.05) is 17.6 Å². The van der Waals surface area contributed by atoms with E-state index in [1.54, 1.807) is 7.05 Å². The van der Waals surface area contributed by atoms with Crippen molar-refractivity contribution in [3.05, 3.63) is 34.8 Å². The number of hydrogen-bond acceptors (Lipinski definition) is 2. The lowest BCUT2D eigenvalue weighted by Crippen LogP contribution is -2.23. The third-order valence-electron chi connectivity index (χ3n) is 2.51. The minimum Gasteiger partial charge on any atom is -0.362 e. The highest BCUT2D eigenvalue weighted by Gasteiger charge is 2.12. The average molecular weight is 329 g/mol. The Morgan fingerprint density at radius 2 is 1.63 bits per heavy atom. The lowest BCUT2D eigenvalue weighted by molar-refractivity contribution is -0.110. The van der Waals surface area contributed by atoms with Crippen LogP contribution in [-0.2, 0) is 9.59 Å². The molecule has 1 aromatic carbocycles. The van der Waals surface area contributed by atoms with Crippen molar-refractivity contribution in [3.63, 3.8) is 0 Å². The summed E-state index contributed by atoms with van der Waals surface area (Å²) in [6.45, 7) is 0. The highest BCUT2D eigenvalue weighted by molar-refractivity contribution is 9.10. The highest BCUT2D eigenvalue weighted by Crippen LogP contribution is 2.16. The Morgan fingerprint density at radius 1 is 1.11 bits per heavy atom. The van der Waals surface area contributed by atoms with Crippen molar-refractivity contribution in [1.29, 1.82) is 0 Å². The molecule has 0 saturated heterocycles. The molecule has 1 aromatic rings. The molecule has 0 aliphatic heterocycles. The largest absolute Gasteiger partial charge is 0.362 e. The van der Waals surface area contributed by atoms with E-state index in [1.165, 1.54) is 25.7 Å². The maximum atomic E-state index is 9.85. The van der Waals surface area contributed by atoms with Gasteiger partial charge in [0.05, 0.1) is 0 Å². The number of hydrogen-bond donors (Lipinski definition) is 2. The van der Waals surface area contributed by atoms with Crippen LogP contribution in [-0.4, -0.2) is 25.9 Å². The Bertz CT molecular complexity index is 327. The molecule has 0 unspecified atom stereocenters. The molecule has 1 aliphatic rings. The highest BCUT2D eigenvalue weighted by atomic mass is 79.9. The molecule has 19 heavy (non-hydrogen) atoms. The summed E-state index contributed by atoms with van der Waals surface area (Å²) in [7, 11) is 1.56. The molecule has 1 fully saturated rings. The summed E-state index contributed by atoms with van der Waals surface area (Å²) in [6.07, 6.45) is 6.35. The molecule has 0 radical (unpaired) electrons. The zero-order valence-electron chi connectivity index (χ0n) is 11.1. The van der Waals surface area contributed by atoms with Gasteiger partial charge in [-0.1, -0.05) is 47.0 Å². The predicted octanol–water partition coefficient (Wildman–Crippen LogP) is 2.49. The molecule has 1 saturated carbocycles. The number of nitrogens with one attached hydrogen (secondary N) is 2. The molecule has 106 valence electrons. The SMILES string of the molecule is Brc1ccccc1.CNC=O.O=CNC1CCCC1. The van der Waals surface area contributed by atoms with Gasteiger partial charge in [-0.25, -0.2) is 0 Å². The lowest BCUT2D eigenvalue weighted by atomic mass is 10.3. The number of benzene rings is 1. The van der Waals surface area contributed by atoms with Crippen LogP contribution < -0.4 is 10.6 Å². The Labute approximate surface area is 123 Å². The topological polar surface area (TPSA) is 58.2 Å². The Hall–Kier alpha value is -1.36. The Morgan fingerprint density at radius 3 is 1.95 bits per heavy atom. The molecule has 0 aromatic heterocycles.